The number of hydrogen-bond acceptors (Lipinski definition) is 5. The van der Waals surface area contributed by atoms with Gasteiger partial charge < -0.3 is 10.2 Å². The molecule has 0 aromatic carbocycles. The van der Waals surface area contributed by atoms with Crippen molar-refractivity contribution >= 4 is 28.7 Å². The highest BCUT2D eigenvalue weighted by Crippen LogP contribution is 2.25. The van der Waals surface area contributed by atoms with Crippen molar-refractivity contribution in [1.29, 1.82) is 0 Å². The number of aryl methyl sites for hydroxylation is 1. The predicted molar refractivity (Wildman–Crippen MR) is 52.7 cm³/mol. The third kappa shape index (κ3) is 1.25. The zero-order chi connectivity index (χ0) is 9.42. The molecule has 2 N–H and O–H groups in total. The molecule has 2 rings (SSSR count). The third-order valence-corrected chi connectivity index (χ3v) is 2.36. The molecule has 0 aliphatic carbocycles. The van der Waals surface area contributed by atoms with Crippen LogP contribution in [0.15, 0.2) is 15.8 Å². The van der Waals surface area contributed by atoms with Gasteiger partial charge in [-0.05, 0) is 13.2 Å². The summed E-state index contributed by atoms with van der Waals surface area (Å²) in [6.07, 6.45) is 3.54. The first-order valence-corrected chi connectivity index (χ1v) is 5.00. The molecule has 0 bridgehead atoms. The van der Waals surface area contributed by atoms with Crippen LogP contribution in [0.3, 0.4) is 0 Å². The molecule has 0 amide bonds. The normalized spacial score (nSPS) is 10.9. The Morgan fingerprint density at radius 1 is 1.46 bits per heavy atom. The van der Waals surface area contributed by atoms with E-state index in [-0.39, 0.29) is 0 Å². The van der Waals surface area contributed by atoms with Crippen molar-refractivity contribution < 1.29 is 4.42 Å². The monoisotopic (exact) mass is 195 g/mol. The number of furan rings is 1. The van der Waals surface area contributed by atoms with Crippen molar-refractivity contribution in [3.63, 3.8) is 0 Å². The average molecular weight is 195 g/mol. The molecule has 0 aliphatic heterocycles. The highest BCUT2D eigenvalue weighted by Gasteiger charge is 2.09. The summed E-state index contributed by atoms with van der Waals surface area (Å²) in [6, 6.07) is 0. The number of hydrogen-bond donors (Lipinski definition) is 1. The van der Waals surface area contributed by atoms with E-state index in [1.54, 1.807) is 6.26 Å². The molecule has 2 aromatic heterocycles. The summed E-state index contributed by atoms with van der Waals surface area (Å²) in [6.45, 7) is 1.92. The Morgan fingerprint density at radius 2 is 2.23 bits per heavy atom. The van der Waals surface area contributed by atoms with E-state index in [9.17, 15) is 0 Å². The first-order chi connectivity index (χ1) is 6.22. The zero-order valence-electron chi connectivity index (χ0n) is 7.37. The van der Waals surface area contributed by atoms with Gasteiger partial charge >= 0.3 is 0 Å². The lowest BCUT2D eigenvalue weighted by Gasteiger charge is -1.97. The number of anilines is 1. The highest BCUT2D eigenvalue weighted by molar-refractivity contribution is 7.98. The molecule has 2 heterocycles. The third-order valence-electron chi connectivity index (χ3n) is 1.81. The molecule has 0 radical (unpaired) electrons. The van der Waals surface area contributed by atoms with Crippen LogP contribution in [-0.2, 0) is 0 Å². The summed E-state index contributed by atoms with van der Waals surface area (Å²) in [7, 11) is 0. The highest BCUT2D eigenvalue weighted by atomic mass is 32.2. The van der Waals surface area contributed by atoms with Crippen LogP contribution in [-0.4, -0.2) is 16.2 Å². The maximum absolute atomic E-state index is 5.75. The minimum Gasteiger partial charge on any atom is -0.446 e. The van der Waals surface area contributed by atoms with Gasteiger partial charge in [-0.2, -0.15) is 4.98 Å². The summed E-state index contributed by atoms with van der Waals surface area (Å²) in [5, 5.41) is 1.46. The molecule has 0 saturated carbocycles. The van der Waals surface area contributed by atoms with Crippen molar-refractivity contribution in [2.75, 3.05) is 12.0 Å². The Bertz CT molecular complexity index is 452. The average Bonchev–Trinajstić information content (AvgIpc) is 2.48. The summed E-state index contributed by atoms with van der Waals surface area (Å²) < 4.78 is 5.23. The molecule has 0 atom stereocenters. The van der Waals surface area contributed by atoms with E-state index < -0.39 is 0 Å². The summed E-state index contributed by atoms with van der Waals surface area (Å²) in [4.78, 5) is 8.30. The quantitative estimate of drug-likeness (QED) is 0.555. The van der Waals surface area contributed by atoms with Crippen molar-refractivity contribution in [3.05, 3.63) is 11.8 Å². The number of nitrogen functional groups attached to an aromatic ring is 1. The first kappa shape index (κ1) is 8.37. The minimum atomic E-state index is 0.487. The van der Waals surface area contributed by atoms with E-state index >= 15 is 0 Å². The molecule has 0 unspecified atom stereocenters. The fourth-order valence-electron chi connectivity index (χ4n) is 1.19. The fourth-order valence-corrected chi connectivity index (χ4v) is 1.55. The van der Waals surface area contributed by atoms with Gasteiger partial charge in [-0.15, -0.1) is 0 Å². The second-order valence-corrected chi connectivity index (χ2v) is 3.47. The smallest absolute Gasteiger partial charge is 0.232 e. The second kappa shape index (κ2) is 2.92. The molecule has 4 nitrogen and oxygen atoms in total. The maximum atomic E-state index is 5.75. The molecule has 5 heteroatoms. The van der Waals surface area contributed by atoms with Gasteiger partial charge in [-0.3, -0.25) is 0 Å². The van der Waals surface area contributed by atoms with Crippen LogP contribution >= 0.6 is 11.8 Å². The van der Waals surface area contributed by atoms with Gasteiger partial charge in [-0.1, -0.05) is 11.8 Å². The second-order valence-electron chi connectivity index (χ2n) is 2.69. The number of thioether (sulfide) groups is 1. The molecule has 0 aliphatic rings. The van der Waals surface area contributed by atoms with E-state index in [2.05, 4.69) is 9.97 Å². The van der Waals surface area contributed by atoms with Crippen LogP contribution in [0, 0.1) is 6.92 Å². The molecule has 68 valence electrons. The molecular formula is C8H9N3OS. The molecule has 0 fully saturated rings. The van der Waals surface area contributed by atoms with Gasteiger partial charge in [0.25, 0.3) is 0 Å². The number of fused-ring (bicyclic) bond motifs is 1. The SMILES string of the molecule is CSc1nc(N)c2c(C)coc2n1. The van der Waals surface area contributed by atoms with E-state index in [4.69, 9.17) is 10.2 Å². The lowest BCUT2D eigenvalue weighted by Crippen LogP contribution is -1.95. The Hall–Kier alpha value is -1.23. The molecule has 2 aromatic rings. The summed E-state index contributed by atoms with van der Waals surface area (Å²) in [5.74, 6) is 0.487. The first-order valence-electron chi connectivity index (χ1n) is 3.77. The molecular weight excluding hydrogens is 186 g/mol. The van der Waals surface area contributed by atoms with Gasteiger partial charge in [0.1, 0.15) is 5.82 Å². The maximum Gasteiger partial charge on any atom is 0.232 e. The summed E-state index contributed by atoms with van der Waals surface area (Å²) in [5.41, 5.74) is 7.29. The number of nitrogens with two attached hydrogens (primary N) is 1. The van der Waals surface area contributed by atoms with Crippen molar-refractivity contribution in [2.45, 2.75) is 12.1 Å². The van der Waals surface area contributed by atoms with Gasteiger partial charge in [0.05, 0.1) is 11.6 Å². The van der Waals surface area contributed by atoms with Crippen molar-refractivity contribution in [3.8, 4) is 0 Å². The minimum absolute atomic E-state index is 0.487. The standard InChI is InChI=1S/C8H9N3OS/c1-4-3-12-7-5(4)6(9)10-8(11-7)13-2/h3H,1-2H3,(H2,9,10,11). The molecule has 0 saturated heterocycles. The van der Waals surface area contributed by atoms with Crippen LogP contribution in [0.2, 0.25) is 0 Å². The van der Waals surface area contributed by atoms with E-state index in [1.165, 1.54) is 11.8 Å². The van der Waals surface area contributed by atoms with Crippen LogP contribution in [0.25, 0.3) is 11.1 Å². The molecule has 13 heavy (non-hydrogen) atoms. The van der Waals surface area contributed by atoms with Crippen LogP contribution in [0.4, 0.5) is 5.82 Å². The number of rotatable bonds is 1. The predicted octanol–water partition coefficient (Wildman–Crippen LogP) is 1.84. The zero-order valence-corrected chi connectivity index (χ0v) is 8.18. The van der Waals surface area contributed by atoms with Gasteiger partial charge in [-0.25, -0.2) is 4.98 Å². The van der Waals surface area contributed by atoms with Gasteiger partial charge in [0, 0.05) is 5.56 Å². The summed E-state index contributed by atoms with van der Waals surface area (Å²) >= 11 is 1.44. The number of nitrogens with zero attached hydrogens (tertiary/aromatic N) is 2. The lowest BCUT2D eigenvalue weighted by molar-refractivity contribution is 0.595. The lowest BCUT2D eigenvalue weighted by atomic mass is 10.2. The Morgan fingerprint density at radius 3 is 2.92 bits per heavy atom. The number of aromatic nitrogens is 2. The van der Waals surface area contributed by atoms with E-state index in [0.29, 0.717) is 16.7 Å². The largest absolute Gasteiger partial charge is 0.446 e. The Balaban J connectivity index is 2.79. The van der Waals surface area contributed by atoms with Crippen molar-refractivity contribution in [1.82, 2.24) is 9.97 Å². The van der Waals surface area contributed by atoms with Gasteiger partial charge in [0.2, 0.25) is 5.71 Å². The van der Waals surface area contributed by atoms with Crippen LogP contribution in [0.1, 0.15) is 5.56 Å². The van der Waals surface area contributed by atoms with Crippen LogP contribution < -0.4 is 5.73 Å². The Kier molecular flexibility index (Phi) is 1.88. The Labute approximate surface area is 79.5 Å². The fraction of sp³-hybridized carbons (Fsp3) is 0.250. The topological polar surface area (TPSA) is 64.9 Å². The van der Waals surface area contributed by atoms with Crippen molar-refractivity contribution in [2.24, 2.45) is 0 Å². The molecule has 0 spiro atoms. The van der Waals surface area contributed by atoms with Gasteiger partial charge in [0.15, 0.2) is 5.16 Å². The van der Waals surface area contributed by atoms with Crippen LogP contribution in [0.5, 0.6) is 0 Å². The van der Waals surface area contributed by atoms with E-state index in [0.717, 1.165) is 10.9 Å². The van der Waals surface area contributed by atoms with E-state index in [1.807, 2.05) is 13.2 Å².